The molecular weight excluding hydrogens is 276 g/mol. The number of nitrogens with two attached hydrogens (primary N) is 1. The number of hydrogen-bond acceptors (Lipinski definition) is 5. The topological polar surface area (TPSA) is 38.5 Å². The van der Waals surface area contributed by atoms with Crippen molar-refractivity contribution in [3.8, 4) is 0 Å². The first-order valence-electron chi connectivity index (χ1n) is 6.86. The third-order valence-electron chi connectivity index (χ3n) is 2.36. The standard InChI is InChI=1S/C12H20N2OS2.C2H6/c1-3-9-14(10-4-2)11-5-7-12(8-6-11)16-15-17-13;1-2/h5-8H,3-4,9-10,13H2,1-2H3;1-2H3. The normalized spacial score (nSPS) is 9.74. The lowest BCUT2D eigenvalue weighted by Crippen LogP contribution is -2.24. The van der Waals surface area contributed by atoms with Gasteiger partial charge >= 0.3 is 0 Å². The van der Waals surface area contributed by atoms with Crippen molar-refractivity contribution in [2.24, 2.45) is 5.14 Å². The number of rotatable bonds is 8. The molecule has 0 aliphatic rings. The summed E-state index contributed by atoms with van der Waals surface area (Å²) in [6, 6.07) is 8.40. The fourth-order valence-corrected chi connectivity index (χ4v) is 2.40. The van der Waals surface area contributed by atoms with Gasteiger partial charge in [0, 0.05) is 35.7 Å². The number of hydrogen-bond donors (Lipinski definition) is 1. The Balaban J connectivity index is 0.00000154. The Morgan fingerprint density at radius 1 is 1.05 bits per heavy atom. The van der Waals surface area contributed by atoms with E-state index in [0.29, 0.717) is 0 Å². The molecule has 2 N–H and O–H groups in total. The van der Waals surface area contributed by atoms with Gasteiger partial charge in [0.1, 0.15) is 0 Å². The Hall–Kier alpha value is -0.360. The molecule has 0 unspecified atom stereocenters. The average molecular weight is 303 g/mol. The Morgan fingerprint density at radius 3 is 2.00 bits per heavy atom. The molecule has 0 saturated heterocycles. The van der Waals surface area contributed by atoms with Crippen LogP contribution in [0.5, 0.6) is 0 Å². The van der Waals surface area contributed by atoms with Crippen molar-refractivity contribution in [2.45, 2.75) is 45.4 Å². The number of benzene rings is 1. The zero-order valence-electron chi connectivity index (χ0n) is 12.4. The van der Waals surface area contributed by atoms with Crippen LogP contribution in [0.1, 0.15) is 40.5 Å². The highest BCUT2D eigenvalue weighted by Gasteiger charge is 2.04. The Labute approximate surface area is 126 Å². The second-order valence-corrected chi connectivity index (χ2v) is 5.10. The van der Waals surface area contributed by atoms with E-state index >= 15 is 0 Å². The van der Waals surface area contributed by atoms with E-state index < -0.39 is 0 Å². The van der Waals surface area contributed by atoms with Crippen LogP contribution in [0.25, 0.3) is 0 Å². The monoisotopic (exact) mass is 302 g/mol. The van der Waals surface area contributed by atoms with Gasteiger partial charge in [0.15, 0.2) is 0 Å². The van der Waals surface area contributed by atoms with Crippen molar-refractivity contribution in [2.75, 3.05) is 18.0 Å². The molecule has 0 heterocycles. The maximum atomic E-state index is 5.20. The van der Waals surface area contributed by atoms with Crippen LogP contribution in [-0.4, -0.2) is 13.1 Å². The molecule has 0 atom stereocenters. The smallest absolute Gasteiger partial charge is 0.0908 e. The van der Waals surface area contributed by atoms with Gasteiger partial charge in [-0.05, 0) is 37.1 Å². The molecule has 1 rings (SSSR count). The summed E-state index contributed by atoms with van der Waals surface area (Å²) in [6.07, 6.45) is 2.34. The SMILES string of the molecule is CC.CCCN(CCC)c1ccc(SOSN)cc1. The molecule has 0 fully saturated rings. The molecule has 0 saturated carbocycles. The molecular formula is C14H26N2OS2. The average Bonchev–Trinajstić information content (AvgIpc) is 2.47. The van der Waals surface area contributed by atoms with Crippen molar-refractivity contribution in [3.05, 3.63) is 24.3 Å². The van der Waals surface area contributed by atoms with Crippen molar-refractivity contribution in [1.29, 1.82) is 0 Å². The zero-order valence-corrected chi connectivity index (χ0v) is 14.0. The van der Waals surface area contributed by atoms with Crippen LogP contribution in [0.4, 0.5) is 5.69 Å². The highest BCUT2D eigenvalue weighted by Crippen LogP contribution is 2.25. The molecule has 0 aromatic heterocycles. The molecule has 0 bridgehead atoms. The maximum absolute atomic E-state index is 5.20. The van der Waals surface area contributed by atoms with Gasteiger partial charge in [-0.1, -0.05) is 27.7 Å². The third kappa shape index (κ3) is 7.72. The van der Waals surface area contributed by atoms with E-state index in [2.05, 4.69) is 43.0 Å². The van der Waals surface area contributed by atoms with E-state index in [9.17, 15) is 0 Å². The summed E-state index contributed by atoms with van der Waals surface area (Å²) in [5.74, 6) is 0. The van der Waals surface area contributed by atoms with Crippen LogP contribution in [0.3, 0.4) is 0 Å². The molecule has 5 heteroatoms. The van der Waals surface area contributed by atoms with Crippen LogP contribution in [0.2, 0.25) is 0 Å². The van der Waals surface area contributed by atoms with Crippen LogP contribution in [0, 0.1) is 0 Å². The molecule has 0 aliphatic carbocycles. The highest BCUT2D eigenvalue weighted by atomic mass is 32.2. The van der Waals surface area contributed by atoms with Gasteiger partial charge in [-0.15, -0.1) is 0 Å². The fourth-order valence-electron chi connectivity index (χ4n) is 1.68. The zero-order chi connectivity index (χ0) is 14.5. The minimum atomic E-state index is 0.876. The summed E-state index contributed by atoms with van der Waals surface area (Å²) >= 11 is 2.16. The van der Waals surface area contributed by atoms with Gasteiger partial charge in [0.2, 0.25) is 0 Å². The van der Waals surface area contributed by atoms with Crippen LogP contribution in [-0.2, 0) is 3.63 Å². The van der Waals surface area contributed by atoms with Gasteiger partial charge in [0.25, 0.3) is 0 Å². The molecule has 19 heavy (non-hydrogen) atoms. The lowest BCUT2D eigenvalue weighted by atomic mass is 10.2. The van der Waals surface area contributed by atoms with Crippen LogP contribution < -0.4 is 10.0 Å². The largest absolute Gasteiger partial charge is 0.372 e. The first kappa shape index (κ1) is 18.6. The predicted octanol–water partition coefficient (Wildman–Crippen LogP) is 4.88. The van der Waals surface area contributed by atoms with Crippen molar-refractivity contribution in [3.63, 3.8) is 0 Å². The number of anilines is 1. The molecule has 3 nitrogen and oxygen atoms in total. The van der Waals surface area contributed by atoms with Gasteiger partial charge in [-0.25, -0.2) is 3.63 Å². The van der Waals surface area contributed by atoms with Gasteiger partial charge in [-0.2, -0.15) is 0 Å². The lowest BCUT2D eigenvalue weighted by Gasteiger charge is -2.23. The highest BCUT2D eigenvalue weighted by molar-refractivity contribution is 8.06. The first-order chi connectivity index (χ1) is 9.31. The molecule has 1 aromatic rings. The molecule has 0 amide bonds. The first-order valence-corrected chi connectivity index (χ1v) is 8.41. The van der Waals surface area contributed by atoms with Crippen LogP contribution in [0.15, 0.2) is 29.2 Å². The molecule has 0 spiro atoms. The maximum Gasteiger partial charge on any atom is 0.0908 e. The third-order valence-corrected chi connectivity index (χ3v) is 3.41. The van der Waals surface area contributed by atoms with E-state index in [1.165, 1.54) is 30.6 Å². The molecule has 0 aliphatic heterocycles. The van der Waals surface area contributed by atoms with Gasteiger partial charge in [-0.3, -0.25) is 5.14 Å². The molecule has 110 valence electrons. The van der Waals surface area contributed by atoms with Crippen molar-refractivity contribution >= 4 is 30.0 Å². The van der Waals surface area contributed by atoms with E-state index in [4.69, 9.17) is 8.77 Å². The summed E-state index contributed by atoms with van der Waals surface area (Å²) in [5.41, 5.74) is 1.28. The van der Waals surface area contributed by atoms with E-state index in [-0.39, 0.29) is 0 Å². The van der Waals surface area contributed by atoms with E-state index in [1.54, 1.807) is 0 Å². The Morgan fingerprint density at radius 2 is 1.58 bits per heavy atom. The minimum absolute atomic E-state index is 0.876. The minimum Gasteiger partial charge on any atom is -0.372 e. The van der Waals surface area contributed by atoms with Gasteiger partial charge in [0.05, 0.1) is 12.2 Å². The summed E-state index contributed by atoms with van der Waals surface area (Å²) in [7, 11) is 0. The molecule has 0 radical (unpaired) electrons. The van der Waals surface area contributed by atoms with Gasteiger partial charge < -0.3 is 4.90 Å². The second kappa shape index (κ2) is 12.7. The van der Waals surface area contributed by atoms with Crippen molar-refractivity contribution < 1.29 is 3.63 Å². The summed E-state index contributed by atoms with van der Waals surface area (Å²) in [4.78, 5) is 3.48. The Kier molecular flexibility index (Phi) is 12.4. The molecule has 1 aromatic carbocycles. The predicted molar refractivity (Wildman–Crippen MR) is 89.3 cm³/mol. The Bertz CT molecular complexity index is 301. The van der Waals surface area contributed by atoms with Crippen LogP contribution >= 0.6 is 24.3 Å². The fraction of sp³-hybridized carbons (Fsp3) is 0.571. The second-order valence-electron chi connectivity index (χ2n) is 3.73. The lowest BCUT2D eigenvalue weighted by molar-refractivity contribution is 0.744. The summed E-state index contributed by atoms with van der Waals surface area (Å²) in [6.45, 7) is 10.6. The van der Waals surface area contributed by atoms with E-state index in [1.807, 2.05) is 13.8 Å². The summed E-state index contributed by atoms with van der Waals surface area (Å²) < 4.78 is 5.01. The summed E-state index contributed by atoms with van der Waals surface area (Å²) in [5, 5.41) is 5.20. The van der Waals surface area contributed by atoms with Crippen molar-refractivity contribution in [1.82, 2.24) is 0 Å². The van der Waals surface area contributed by atoms with E-state index in [0.717, 1.165) is 30.2 Å². The quantitative estimate of drug-likeness (QED) is 0.547. The number of nitrogens with zero attached hydrogens (tertiary/aromatic N) is 1.